The van der Waals surface area contributed by atoms with Gasteiger partial charge in [-0.05, 0) is 6.42 Å². The summed E-state index contributed by atoms with van der Waals surface area (Å²) >= 11 is 0. The number of rotatable bonds is 2. The van der Waals surface area contributed by atoms with Crippen molar-refractivity contribution in [3.8, 4) is 0 Å². The molecular weight excluding hydrogens is 197 g/mol. The Morgan fingerprint density at radius 1 is 1.67 bits per heavy atom. The molecule has 0 aromatic rings. The van der Waals surface area contributed by atoms with Gasteiger partial charge in [-0.2, -0.15) is 0 Å². The predicted molar refractivity (Wildman–Crippen MR) is 23.1 cm³/mol. The fraction of sp³-hybridized carbons (Fsp3) is 1.00. The monoisotopic (exact) mass is 208 g/mol. The molecule has 0 spiro atoms. The van der Waals surface area contributed by atoms with Gasteiger partial charge in [-0.3, -0.25) is 0 Å². The molecule has 0 radical (unpaired) electrons. The Morgan fingerprint density at radius 3 is 2.17 bits per heavy atom. The van der Waals surface area contributed by atoms with Crippen LogP contribution in [-0.4, -0.2) is 11.7 Å². The number of aliphatic hydroxyl groups is 1. The molecule has 0 fully saturated rings. The van der Waals surface area contributed by atoms with Gasteiger partial charge in [-0.15, -0.1) is 0 Å². The van der Waals surface area contributed by atoms with E-state index in [9.17, 15) is 0 Å². The van der Waals surface area contributed by atoms with Crippen LogP contribution in [0.25, 0.3) is 0 Å². The Kier molecular flexibility index (Phi) is 18.3. The fourth-order valence-corrected chi connectivity index (χ4v) is 0.158. The second-order valence-corrected chi connectivity index (χ2v) is 1.08. The van der Waals surface area contributed by atoms with E-state index in [1.54, 1.807) is 0 Å². The second kappa shape index (κ2) is 10.1. The topological polar surface area (TPSA) is 20.2 Å². The van der Waals surface area contributed by atoms with Gasteiger partial charge in [0.25, 0.3) is 0 Å². The maximum Gasteiger partial charge on any atom is 1.00 e. The Labute approximate surface area is 99.4 Å². The predicted octanol–water partition coefficient (Wildman–Crippen LogP) is -2.10. The van der Waals surface area contributed by atoms with Crippen LogP contribution in [0.2, 0.25) is 0 Å². The molecule has 0 aromatic heterocycles. The third kappa shape index (κ3) is 9.38. The van der Waals surface area contributed by atoms with E-state index in [1.807, 2.05) is 0 Å². The normalized spacial score (nSPS) is 7.00. The molecule has 0 atom stereocenters. The van der Waals surface area contributed by atoms with Gasteiger partial charge in [0, 0.05) is 6.61 Å². The van der Waals surface area contributed by atoms with Gasteiger partial charge in [0.2, 0.25) is 0 Å². The zero-order chi connectivity index (χ0) is 4.12. The van der Waals surface area contributed by atoms with Crippen molar-refractivity contribution in [3.63, 3.8) is 0 Å². The van der Waals surface area contributed by atoms with Crippen LogP contribution in [0.4, 0.5) is 0 Å². The van der Waals surface area contributed by atoms with Crippen molar-refractivity contribution >= 4 is 0 Å². The van der Waals surface area contributed by atoms with Crippen molar-refractivity contribution in [2.24, 2.45) is 0 Å². The smallest absolute Gasteiger partial charge is 1.00 e. The van der Waals surface area contributed by atoms with E-state index in [1.165, 1.54) is 0 Å². The molecule has 1 nitrogen and oxygen atoms in total. The van der Waals surface area contributed by atoms with Crippen molar-refractivity contribution in [2.75, 3.05) is 6.61 Å². The van der Waals surface area contributed by atoms with Gasteiger partial charge >= 0.3 is 68.9 Å². The van der Waals surface area contributed by atoms with Crippen LogP contribution in [0.3, 0.4) is 0 Å². The summed E-state index contributed by atoms with van der Waals surface area (Å²) in [5.41, 5.74) is 0. The third-order valence-corrected chi connectivity index (χ3v) is 0.512. The molecule has 0 saturated heterocycles. The minimum atomic E-state index is 0. The number of unbranched alkanes of at least 4 members (excludes halogenated alkanes) is 1. The van der Waals surface area contributed by atoms with Crippen LogP contribution >= 0.6 is 0 Å². The summed E-state index contributed by atoms with van der Waals surface area (Å²) in [6, 6.07) is 0. The van der Waals surface area contributed by atoms with Crippen LogP contribution in [0.15, 0.2) is 0 Å². The summed E-state index contributed by atoms with van der Waals surface area (Å²) in [4.78, 5) is 0. The van der Waals surface area contributed by atoms with E-state index in [4.69, 9.17) is 5.11 Å². The van der Waals surface area contributed by atoms with Crippen LogP contribution in [0.1, 0.15) is 21.2 Å². The Hall–Kier alpha value is 2.01. The standard InChI is InChI=1S/C4H10O.Cs.H/c1-2-3-4-5;;/h5H,2-4H2,1H3;;/q;+1;-1. The van der Waals surface area contributed by atoms with Gasteiger partial charge < -0.3 is 6.53 Å². The van der Waals surface area contributed by atoms with Crippen LogP contribution in [0, 0.1) is 0 Å². The van der Waals surface area contributed by atoms with Gasteiger partial charge in [0.15, 0.2) is 0 Å². The number of hydrogen-bond donors (Lipinski definition) is 1. The maximum absolute atomic E-state index is 8.07. The number of hydrogen-bond acceptors (Lipinski definition) is 1. The first-order valence-electron chi connectivity index (χ1n) is 2.02. The van der Waals surface area contributed by atoms with Crippen LogP contribution in [-0.2, 0) is 0 Å². The number of aliphatic hydroxyl groups excluding tert-OH is 1. The summed E-state index contributed by atoms with van der Waals surface area (Å²) < 4.78 is 0. The van der Waals surface area contributed by atoms with Gasteiger partial charge in [-0.1, -0.05) is 13.3 Å². The largest absolute Gasteiger partial charge is 1.00 e. The molecule has 0 unspecified atom stereocenters. The van der Waals surface area contributed by atoms with E-state index < -0.39 is 0 Å². The molecule has 0 aliphatic carbocycles. The summed E-state index contributed by atoms with van der Waals surface area (Å²) in [5, 5.41) is 8.07. The van der Waals surface area contributed by atoms with E-state index in [-0.39, 0.29) is 70.3 Å². The Balaban J connectivity index is -0.0000000800. The molecule has 0 aromatic carbocycles. The third-order valence-electron chi connectivity index (χ3n) is 0.512. The van der Waals surface area contributed by atoms with Gasteiger partial charge in [-0.25, -0.2) is 0 Å². The van der Waals surface area contributed by atoms with Gasteiger partial charge in [0.05, 0.1) is 0 Å². The Morgan fingerprint density at radius 2 is 2.17 bits per heavy atom. The van der Waals surface area contributed by atoms with Crippen molar-refractivity contribution < 1.29 is 75.4 Å². The summed E-state index contributed by atoms with van der Waals surface area (Å²) in [6.45, 7) is 2.40. The van der Waals surface area contributed by atoms with Crippen molar-refractivity contribution in [3.05, 3.63) is 0 Å². The zero-order valence-corrected chi connectivity index (χ0v) is 10.8. The quantitative estimate of drug-likeness (QED) is 0.551. The first-order valence-corrected chi connectivity index (χ1v) is 2.02. The van der Waals surface area contributed by atoms with E-state index in [0.29, 0.717) is 6.61 Å². The van der Waals surface area contributed by atoms with Gasteiger partial charge in [0.1, 0.15) is 0 Å². The SMILES string of the molecule is CCCCO.[Cs+].[H-]. The van der Waals surface area contributed by atoms with Crippen LogP contribution < -0.4 is 68.9 Å². The average Bonchev–Trinajstić information content (AvgIpc) is 1.41. The maximum atomic E-state index is 8.07. The van der Waals surface area contributed by atoms with Crippen molar-refractivity contribution in [1.82, 2.24) is 0 Å². The first kappa shape index (κ1) is 10.9. The summed E-state index contributed by atoms with van der Waals surface area (Å²) in [6.07, 6.45) is 2.04. The molecule has 0 bridgehead atoms. The van der Waals surface area contributed by atoms with E-state index in [2.05, 4.69) is 6.92 Å². The van der Waals surface area contributed by atoms with E-state index in [0.717, 1.165) is 12.8 Å². The molecule has 6 heavy (non-hydrogen) atoms. The summed E-state index contributed by atoms with van der Waals surface area (Å²) in [5.74, 6) is 0. The average molecular weight is 208 g/mol. The molecule has 2 heteroatoms. The minimum absolute atomic E-state index is 0. The molecular formula is C4H11CsO. The van der Waals surface area contributed by atoms with Crippen molar-refractivity contribution in [2.45, 2.75) is 19.8 Å². The summed E-state index contributed by atoms with van der Waals surface area (Å²) in [7, 11) is 0. The first-order chi connectivity index (χ1) is 2.41. The Bertz CT molecular complexity index is 19.2. The fourth-order valence-electron chi connectivity index (χ4n) is 0.158. The molecule has 0 amide bonds. The van der Waals surface area contributed by atoms with Crippen molar-refractivity contribution in [1.29, 1.82) is 0 Å². The zero-order valence-electron chi connectivity index (χ0n) is 5.57. The van der Waals surface area contributed by atoms with Crippen LogP contribution in [0.5, 0.6) is 0 Å². The molecule has 0 aliphatic rings. The molecule has 1 N–H and O–H groups in total. The molecule has 0 aliphatic heterocycles. The molecule has 0 saturated carbocycles. The molecule has 34 valence electrons. The molecule has 0 rings (SSSR count). The minimum Gasteiger partial charge on any atom is -1.00 e. The molecule has 0 heterocycles. The second-order valence-electron chi connectivity index (χ2n) is 1.08. The van der Waals surface area contributed by atoms with E-state index >= 15 is 0 Å².